The van der Waals surface area contributed by atoms with Crippen LogP contribution in [-0.4, -0.2) is 30.1 Å². The van der Waals surface area contributed by atoms with E-state index in [-0.39, 0.29) is 11.9 Å². The third-order valence-electron chi connectivity index (χ3n) is 4.20. The molecule has 1 amide bonds. The van der Waals surface area contributed by atoms with Crippen molar-refractivity contribution in [3.05, 3.63) is 72.1 Å². The molecule has 7 nitrogen and oxygen atoms in total. The van der Waals surface area contributed by atoms with Crippen LogP contribution in [0.3, 0.4) is 0 Å². The maximum atomic E-state index is 12.4. The van der Waals surface area contributed by atoms with E-state index in [4.69, 9.17) is 9.47 Å². The van der Waals surface area contributed by atoms with E-state index in [0.717, 1.165) is 5.56 Å². The lowest BCUT2D eigenvalue weighted by Gasteiger charge is -2.14. The first-order chi connectivity index (χ1) is 13.6. The van der Waals surface area contributed by atoms with Gasteiger partial charge in [-0.1, -0.05) is 30.3 Å². The van der Waals surface area contributed by atoms with Gasteiger partial charge in [0.05, 0.1) is 25.8 Å². The molecular formula is C21H22N4O3. The van der Waals surface area contributed by atoms with Crippen LogP contribution in [-0.2, 0) is 0 Å². The van der Waals surface area contributed by atoms with Crippen molar-refractivity contribution >= 4 is 17.5 Å². The van der Waals surface area contributed by atoms with Gasteiger partial charge in [0.2, 0.25) is 5.95 Å². The predicted molar refractivity (Wildman–Crippen MR) is 108 cm³/mol. The van der Waals surface area contributed by atoms with Crippen LogP contribution in [0.5, 0.6) is 11.5 Å². The monoisotopic (exact) mass is 378 g/mol. The molecule has 2 N–H and O–H groups in total. The zero-order valence-corrected chi connectivity index (χ0v) is 16.0. The highest BCUT2D eigenvalue weighted by Gasteiger charge is 2.11. The maximum Gasteiger partial charge on any atom is 0.258 e. The Hall–Kier alpha value is -3.61. The van der Waals surface area contributed by atoms with Gasteiger partial charge in [-0.2, -0.15) is 0 Å². The molecule has 2 aromatic carbocycles. The molecule has 7 heteroatoms. The molecule has 1 heterocycles. The van der Waals surface area contributed by atoms with Gasteiger partial charge >= 0.3 is 0 Å². The molecule has 0 aliphatic carbocycles. The van der Waals surface area contributed by atoms with Crippen LogP contribution in [0.4, 0.5) is 11.6 Å². The molecule has 1 aromatic heterocycles. The molecule has 0 aliphatic rings. The summed E-state index contributed by atoms with van der Waals surface area (Å²) in [7, 11) is 3.10. The molecule has 3 rings (SSSR count). The van der Waals surface area contributed by atoms with E-state index < -0.39 is 0 Å². The number of amides is 1. The minimum atomic E-state index is -0.310. The Morgan fingerprint density at radius 3 is 2.29 bits per heavy atom. The Balaban J connectivity index is 1.65. The van der Waals surface area contributed by atoms with Gasteiger partial charge in [0, 0.05) is 24.1 Å². The van der Waals surface area contributed by atoms with Crippen LogP contribution in [0.1, 0.15) is 28.9 Å². The Morgan fingerprint density at radius 1 is 0.964 bits per heavy atom. The van der Waals surface area contributed by atoms with Gasteiger partial charge in [-0.15, -0.1) is 0 Å². The van der Waals surface area contributed by atoms with Gasteiger partial charge in [-0.3, -0.25) is 4.79 Å². The quantitative estimate of drug-likeness (QED) is 0.648. The van der Waals surface area contributed by atoms with Crippen molar-refractivity contribution < 1.29 is 14.3 Å². The minimum Gasteiger partial charge on any atom is -0.493 e. The number of hydrogen-bond donors (Lipinski definition) is 2. The second kappa shape index (κ2) is 8.85. The number of hydrogen-bond acceptors (Lipinski definition) is 6. The summed E-state index contributed by atoms with van der Waals surface area (Å²) in [5.74, 6) is 1.27. The number of methoxy groups -OCH3 is 2. The molecule has 0 saturated heterocycles. The molecule has 0 saturated carbocycles. The van der Waals surface area contributed by atoms with Crippen molar-refractivity contribution in [3.63, 3.8) is 0 Å². The Bertz CT molecular complexity index is 930. The molecule has 28 heavy (non-hydrogen) atoms. The fourth-order valence-corrected chi connectivity index (χ4v) is 2.66. The number of carbonyl (C=O) groups excluding carboxylic acids is 1. The van der Waals surface area contributed by atoms with E-state index in [1.54, 1.807) is 32.4 Å². The van der Waals surface area contributed by atoms with Crippen molar-refractivity contribution in [3.8, 4) is 11.5 Å². The number of nitrogens with zero attached hydrogens (tertiary/aromatic N) is 2. The Morgan fingerprint density at radius 2 is 1.64 bits per heavy atom. The fraction of sp³-hybridized carbons (Fsp3) is 0.190. The second-order valence-corrected chi connectivity index (χ2v) is 6.10. The van der Waals surface area contributed by atoms with E-state index in [1.807, 2.05) is 37.3 Å². The van der Waals surface area contributed by atoms with Gasteiger partial charge < -0.3 is 20.1 Å². The fourth-order valence-electron chi connectivity index (χ4n) is 2.66. The lowest BCUT2D eigenvalue weighted by atomic mass is 10.1. The van der Waals surface area contributed by atoms with Crippen molar-refractivity contribution in [1.29, 1.82) is 0 Å². The van der Waals surface area contributed by atoms with Gasteiger partial charge in [0.25, 0.3) is 5.91 Å². The molecular weight excluding hydrogens is 356 g/mol. The summed E-state index contributed by atoms with van der Waals surface area (Å²) < 4.78 is 10.4. The second-order valence-electron chi connectivity index (χ2n) is 6.10. The maximum absolute atomic E-state index is 12.4. The molecule has 0 fully saturated rings. The molecule has 1 atom stereocenters. The first kappa shape index (κ1) is 19.2. The van der Waals surface area contributed by atoms with Gasteiger partial charge in [0.15, 0.2) is 11.5 Å². The number of benzene rings is 2. The van der Waals surface area contributed by atoms with E-state index >= 15 is 0 Å². The molecule has 3 aromatic rings. The highest BCUT2D eigenvalue weighted by molar-refractivity contribution is 6.04. The third-order valence-corrected chi connectivity index (χ3v) is 4.20. The topological polar surface area (TPSA) is 85.4 Å². The predicted octanol–water partition coefficient (Wildman–Crippen LogP) is 3.92. The van der Waals surface area contributed by atoms with Crippen molar-refractivity contribution in [1.82, 2.24) is 9.97 Å². The number of nitrogens with one attached hydrogen (secondary N) is 2. The highest BCUT2D eigenvalue weighted by Crippen LogP contribution is 2.29. The Labute approximate surface area is 163 Å². The van der Waals surface area contributed by atoms with Gasteiger partial charge in [-0.05, 0) is 24.6 Å². The van der Waals surface area contributed by atoms with E-state index in [0.29, 0.717) is 28.7 Å². The zero-order chi connectivity index (χ0) is 19.9. The molecule has 0 aliphatic heterocycles. The number of carbonyl (C=O) groups is 1. The number of aromatic nitrogens is 2. The van der Waals surface area contributed by atoms with E-state index in [1.165, 1.54) is 12.4 Å². The van der Waals surface area contributed by atoms with Crippen molar-refractivity contribution in [2.75, 3.05) is 24.9 Å². The summed E-state index contributed by atoms with van der Waals surface area (Å²) in [5, 5.41) is 6.01. The first-order valence-electron chi connectivity index (χ1n) is 8.77. The third kappa shape index (κ3) is 4.56. The summed E-state index contributed by atoms with van der Waals surface area (Å²) in [6, 6.07) is 15.2. The standard InChI is InChI=1S/C21H22N4O3/c1-14(15-7-5-4-6-8-15)24-21-22-12-16(13-23-21)20(26)25-17-9-10-18(27-2)19(11-17)28-3/h4-14H,1-3H3,(H,25,26)(H,22,23,24). The average molecular weight is 378 g/mol. The lowest BCUT2D eigenvalue weighted by Crippen LogP contribution is -2.14. The molecule has 144 valence electrons. The first-order valence-corrected chi connectivity index (χ1v) is 8.77. The average Bonchev–Trinajstić information content (AvgIpc) is 2.74. The molecule has 1 unspecified atom stereocenters. The SMILES string of the molecule is COc1ccc(NC(=O)c2cnc(NC(C)c3ccccc3)nc2)cc1OC. The molecule has 0 bridgehead atoms. The Kier molecular flexibility index (Phi) is 6.06. The van der Waals surface area contributed by atoms with Crippen LogP contribution < -0.4 is 20.1 Å². The number of rotatable bonds is 7. The largest absolute Gasteiger partial charge is 0.493 e. The van der Waals surface area contributed by atoms with Crippen molar-refractivity contribution in [2.24, 2.45) is 0 Å². The normalized spacial score (nSPS) is 11.4. The zero-order valence-electron chi connectivity index (χ0n) is 16.0. The summed E-state index contributed by atoms with van der Waals surface area (Å²) in [4.78, 5) is 20.9. The molecule has 0 radical (unpaired) electrons. The number of ether oxygens (including phenoxy) is 2. The summed E-state index contributed by atoms with van der Waals surface area (Å²) in [6.07, 6.45) is 2.98. The van der Waals surface area contributed by atoms with Crippen LogP contribution in [0.25, 0.3) is 0 Å². The van der Waals surface area contributed by atoms with Gasteiger partial charge in [-0.25, -0.2) is 9.97 Å². The van der Waals surface area contributed by atoms with Crippen LogP contribution in [0, 0.1) is 0 Å². The van der Waals surface area contributed by atoms with Crippen molar-refractivity contribution in [2.45, 2.75) is 13.0 Å². The summed E-state index contributed by atoms with van der Waals surface area (Å²) in [5.41, 5.74) is 2.07. The van der Waals surface area contributed by atoms with E-state index in [2.05, 4.69) is 20.6 Å². The smallest absolute Gasteiger partial charge is 0.258 e. The highest BCUT2D eigenvalue weighted by atomic mass is 16.5. The van der Waals surface area contributed by atoms with Gasteiger partial charge in [0.1, 0.15) is 0 Å². The minimum absolute atomic E-state index is 0.0487. The van der Waals surface area contributed by atoms with E-state index in [9.17, 15) is 4.79 Å². The molecule has 0 spiro atoms. The van der Waals surface area contributed by atoms with Crippen LogP contribution in [0.2, 0.25) is 0 Å². The lowest BCUT2D eigenvalue weighted by molar-refractivity contribution is 0.102. The summed E-state index contributed by atoms with van der Waals surface area (Å²) >= 11 is 0. The number of anilines is 2. The van der Waals surface area contributed by atoms with Crippen LogP contribution >= 0.6 is 0 Å². The van der Waals surface area contributed by atoms with Crippen LogP contribution in [0.15, 0.2) is 60.9 Å². The summed E-state index contributed by atoms with van der Waals surface area (Å²) in [6.45, 7) is 2.02.